The number of nitrogens with zero attached hydrogens (tertiary/aromatic N) is 2. The zero-order chi connectivity index (χ0) is 18.7. The second kappa shape index (κ2) is 8.11. The van der Waals surface area contributed by atoms with Crippen molar-refractivity contribution in [3.63, 3.8) is 0 Å². The van der Waals surface area contributed by atoms with Crippen LogP contribution in [0.1, 0.15) is 13.8 Å². The number of methoxy groups -OCH3 is 1. The summed E-state index contributed by atoms with van der Waals surface area (Å²) in [5.74, 6) is 0. The molecule has 8 heteroatoms. The second-order valence-electron chi connectivity index (χ2n) is 6.79. The fourth-order valence-electron chi connectivity index (χ4n) is 3.00. The number of ether oxygens (including phenoxy) is 1. The molecule has 1 saturated heterocycles. The van der Waals surface area contributed by atoms with E-state index in [2.05, 4.69) is 0 Å². The number of rotatable bonds is 8. The largest absolute Gasteiger partial charge is 0.389 e. The molecule has 0 aromatic heterocycles. The molecule has 0 radical (unpaired) electrons. The Labute approximate surface area is 149 Å². The van der Waals surface area contributed by atoms with Crippen LogP contribution >= 0.6 is 0 Å². The first-order valence-electron chi connectivity index (χ1n) is 8.39. The lowest BCUT2D eigenvalue weighted by Gasteiger charge is -2.35. The highest BCUT2D eigenvalue weighted by Gasteiger charge is 2.49. The molecular weight excluding hydrogens is 344 g/mol. The number of aliphatic hydroxyl groups is 2. The molecule has 1 aliphatic rings. The minimum Gasteiger partial charge on any atom is -0.389 e. The maximum absolute atomic E-state index is 12.7. The van der Waals surface area contributed by atoms with Crippen LogP contribution in [0.15, 0.2) is 35.2 Å². The number of hydrogen-bond acceptors (Lipinski definition) is 6. The molecule has 0 aliphatic carbocycles. The molecular formula is C17H28N2O5S. The molecule has 1 aromatic rings. The van der Waals surface area contributed by atoms with E-state index in [1.165, 1.54) is 12.1 Å². The molecule has 2 atom stereocenters. The van der Waals surface area contributed by atoms with Crippen LogP contribution in [0.4, 0.5) is 0 Å². The van der Waals surface area contributed by atoms with E-state index in [0.29, 0.717) is 13.2 Å². The molecule has 0 bridgehead atoms. The molecule has 0 saturated carbocycles. The van der Waals surface area contributed by atoms with Gasteiger partial charge in [-0.25, -0.2) is 8.42 Å². The monoisotopic (exact) mass is 372 g/mol. The maximum atomic E-state index is 12.7. The first-order valence-corrected chi connectivity index (χ1v) is 9.83. The van der Waals surface area contributed by atoms with Crippen molar-refractivity contribution in [1.82, 2.24) is 9.21 Å². The molecule has 7 nitrogen and oxygen atoms in total. The van der Waals surface area contributed by atoms with Gasteiger partial charge in [-0.2, -0.15) is 4.31 Å². The average molecular weight is 372 g/mol. The summed E-state index contributed by atoms with van der Waals surface area (Å²) in [5, 5.41) is 21.3. The lowest BCUT2D eigenvalue weighted by atomic mass is 9.99. The number of β-amino-alcohol motifs (C(OH)–C–C–N with tert-alkyl or cyclic N) is 2. The smallest absolute Gasteiger partial charge is 0.243 e. The molecule has 0 spiro atoms. The van der Waals surface area contributed by atoms with Crippen LogP contribution in [0.5, 0.6) is 0 Å². The third-order valence-electron chi connectivity index (χ3n) is 4.62. The predicted octanol–water partition coefficient (Wildman–Crippen LogP) is 0.140. The van der Waals surface area contributed by atoms with Crippen molar-refractivity contribution in [2.75, 3.05) is 39.9 Å². The summed E-state index contributed by atoms with van der Waals surface area (Å²) in [6.45, 7) is 4.98. The zero-order valence-corrected chi connectivity index (χ0v) is 15.8. The molecule has 1 heterocycles. The van der Waals surface area contributed by atoms with Gasteiger partial charge in [-0.05, 0) is 26.0 Å². The van der Waals surface area contributed by atoms with Crippen LogP contribution in [-0.2, 0) is 14.8 Å². The number of hydrogen-bond donors (Lipinski definition) is 2. The number of benzene rings is 1. The highest BCUT2D eigenvalue weighted by atomic mass is 32.2. The Bertz CT molecular complexity index is 652. The van der Waals surface area contributed by atoms with E-state index >= 15 is 0 Å². The highest BCUT2D eigenvalue weighted by Crippen LogP contribution is 2.29. The van der Waals surface area contributed by atoms with Gasteiger partial charge in [-0.3, -0.25) is 4.90 Å². The standard InChI is InChI=1S/C17H28N2O5S/c1-14(2)18(9-10-24-3)12-17(21)13-19(11-16(17)20)25(22,23)15-7-5-4-6-8-15/h4-8,14,16,20-21H,9-13H2,1-3H3/t16-,17+/m1/s1. The SMILES string of the molecule is COCCN(C[C@]1(O)CN(S(=O)(=O)c2ccccc2)C[C@H]1O)C(C)C. The van der Waals surface area contributed by atoms with E-state index < -0.39 is 21.7 Å². The molecule has 1 aliphatic heterocycles. The van der Waals surface area contributed by atoms with E-state index in [9.17, 15) is 18.6 Å². The Hall–Kier alpha value is -1.03. The molecule has 0 unspecified atom stereocenters. The summed E-state index contributed by atoms with van der Waals surface area (Å²) in [6.07, 6.45) is -1.14. The lowest BCUT2D eigenvalue weighted by Crippen LogP contribution is -2.53. The van der Waals surface area contributed by atoms with E-state index in [1.807, 2.05) is 18.7 Å². The first kappa shape index (κ1) is 20.3. The van der Waals surface area contributed by atoms with E-state index in [4.69, 9.17) is 4.74 Å². The summed E-state index contributed by atoms with van der Waals surface area (Å²) in [4.78, 5) is 2.14. The van der Waals surface area contributed by atoms with Crippen LogP contribution in [0, 0.1) is 0 Å². The number of aliphatic hydroxyl groups excluding tert-OH is 1. The van der Waals surface area contributed by atoms with Gasteiger partial charge in [0.2, 0.25) is 10.0 Å². The second-order valence-corrected chi connectivity index (χ2v) is 8.72. The van der Waals surface area contributed by atoms with Crippen LogP contribution in [0.3, 0.4) is 0 Å². The van der Waals surface area contributed by atoms with Gasteiger partial charge < -0.3 is 14.9 Å². The molecule has 25 heavy (non-hydrogen) atoms. The van der Waals surface area contributed by atoms with E-state index in [1.54, 1.807) is 25.3 Å². The molecule has 1 aromatic carbocycles. The molecule has 2 rings (SSSR count). The third-order valence-corrected chi connectivity index (χ3v) is 6.44. The fourth-order valence-corrected chi connectivity index (χ4v) is 4.53. The van der Waals surface area contributed by atoms with Crippen LogP contribution < -0.4 is 0 Å². The van der Waals surface area contributed by atoms with Crippen molar-refractivity contribution in [1.29, 1.82) is 0 Å². The third kappa shape index (κ3) is 4.58. The van der Waals surface area contributed by atoms with Gasteiger partial charge in [0.1, 0.15) is 5.60 Å². The van der Waals surface area contributed by atoms with Crippen molar-refractivity contribution in [3.05, 3.63) is 30.3 Å². The van der Waals surface area contributed by atoms with Gasteiger partial charge in [0.15, 0.2) is 0 Å². The summed E-state index contributed by atoms with van der Waals surface area (Å²) in [5.41, 5.74) is -1.51. The first-order chi connectivity index (χ1) is 11.7. The molecule has 1 fully saturated rings. The Balaban J connectivity index is 2.16. The molecule has 2 N–H and O–H groups in total. The van der Waals surface area contributed by atoms with Gasteiger partial charge in [-0.1, -0.05) is 18.2 Å². The highest BCUT2D eigenvalue weighted by molar-refractivity contribution is 7.89. The van der Waals surface area contributed by atoms with Crippen molar-refractivity contribution in [2.45, 2.75) is 36.5 Å². The topological polar surface area (TPSA) is 90.3 Å². The molecule has 0 amide bonds. The van der Waals surface area contributed by atoms with Gasteiger partial charge in [0, 0.05) is 39.3 Å². The minimum atomic E-state index is -3.75. The van der Waals surface area contributed by atoms with Crippen molar-refractivity contribution >= 4 is 10.0 Å². The van der Waals surface area contributed by atoms with Gasteiger partial charge in [-0.15, -0.1) is 0 Å². The van der Waals surface area contributed by atoms with Gasteiger partial charge in [0.25, 0.3) is 0 Å². The summed E-state index contributed by atoms with van der Waals surface area (Å²) in [7, 11) is -2.14. The van der Waals surface area contributed by atoms with Crippen LogP contribution in [0.25, 0.3) is 0 Å². The minimum absolute atomic E-state index is 0.121. The van der Waals surface area contributed by atoms with Crippen molar-refractivity contribution < 1.29 is 23.4 Å². The Kier molecular flexibility index (Phi) is 6.58. The lowest BCUT2D eigenvalue weighted by molar-refractivity contribution is -0.0681. The van der Waals surface area contributed by atoms with Gasteiger partial charge in [0.05, 0.1) is 17.6 Å². The van der Waals surface area contributed by atoms with Crippen molar-refractivity contribution in [2.24, 2.45) is 0 Å². The van der Waals surface area contributed by atoms with E-state index in [0.717, 1.165) is 4.31 Å². The van der Waals surface area contributed by atoms with E-state index in [-0.39, 0.29) is 30.6 Å². The normalized spacial score (nSPS) is 25.2. The Morgan fingerprint density at radius 1 is 1.36 bits per heavy atom. The summed E-state index contributed by atoms with van der Waals surface area (Å²) < 4.78 is 31.7. The zero-order valence-electron chi connectivity index (χ0n) is 15.0. The Morgan fingerprint density at radius 3 is 2.56 bits per heavy atom. The molecule has 142 valence electrons. The maximum Gasteiger partial charge on any atom is 0.243 e. The Morgan fingerprint density at radius 2 is 2.00 bits per heavy atom. The average Bonchev–Trinajstić information content (AvgIpc) is 2.88. The van der Waals surface area contributed by atoms with Gasteiger partial charge >= 0.3 is 0 Å². The quantitative estimate of drug-likeness (QED) is 0.675. The summed E-state index contributed by atoms with van der Waals surface area (Å²) >= 11 is 0. The van der Waals surface area contributed by atoms with Crippen LogP contribution in [-0.4, -0.2) is 85.5 Å². The predicted molar refractivity (Wildman–Crippen MR) is 94.7 cm³/mol. The summed E-state index contributed by atoms with van der Waals surface area (Å²) in [6, 6.07) is 8.19. The number of sulfonamides is 1. The van der Waals surface area contributed by atoms with Crippen LogP contribution in [0.2, 0.25) is 0 Å². The fraction of sp³-hybridized carbons (Fsp3) is 0.647. The van der Waals surface area contributed by atoms with Crippen molar-refractivity contribution in [3.8, 4) is 0 Å².